The van der Waals surface area contributed by atoms with Crippen LogP contribution in [0.15, 0.2) is 18.2 Å². The van der Waals surface area contributed by atoms with E-state index in [2.05, 4.69) is 37.7 Å². The molecule has 1 aliphatic rings. The molecule has 1 saturated heterocycles. The number of benzene rings is 1. The molecule has 1 fully saturated rings. The lowest BCUT2D eigenvalue weighted by molar-refractivity contribution is 0.00578. The molecule has 0 spiro atoms. The summed E-state index contributed by atoms with van der Waals surface area (Å²) in [6.45, 7) is 12.2. The van der Waals surface area contributed by atoms with Gasteiger partial charge in [0.15, 0.2) is 0 Å². The van der Waals surface area contributed by atoms with Crippen molar-refractivity contribution in [3.05, 3.63) is 29.6 Å². The quantitative estimate of drug-likeness (QED) is 0.819. The summed E-state index contributed by atoms with van der Waals surface area (Å²) in [5.74, 6) is 0. The van der Waals surface area contributed by atoms with Crippen LogP contribution in [0.5, 0.6) is 0 Å². The number of hydrogen-bond acceptors (Lipinski definition) is 5. The molecule has 5 nitrogen and oxygen atoms in total. The molecule has 1 aliphatic heterocycles. The third-order valence-electron chi connectivity index (χ3n) is 4.62. The maximum atomic E-state index is 6.08. The standard InChI is InChI=1S/C16H21BN2O2.H3N/c1-10-11(2)19-14-9-12(7-8-13(14)18-10)17-20-15(3,4)16(5,6)21-17;/h7-9H,1-6H3;1H3. The predicted molar refractivity (Wildman–Crippen MR) is 89.8 cm³/mol. The van der Waals surface area contributed by atoms with Gasteiger partial charge in [0.05, 0.1) is 33.6 Å². The van der Waals surface area contributed by atoms with Crippen LogP contribution in [0.4, 0.5) is 0 Å². The molecule has 118 valence electrons. The van der Waals surface area contributed by atoms with Gasteiger partial charge in [-0.1, -0.05) is 6.07 Å². The van der Waals surface area contributed by atoms with Gasteiger partial charge >= 0.3 is 7.12 Å². The van der Waals surface area contributed by atoms with E-state index in [1.165, 1.54) is 0 Å². The maximum absolute atomic E-state index is 6.08. The maximum Gasteiger partial charge on any atom is 0.494 e. The molecule has 0 aliphatic carbocycles. The van der Waals surface area contributed by atoms with E-state index in [-0.39, 0.29) is 24.5 Å². The van der Waals surface area contributed by atoms with Crippen molar-refractivity contribution in [2.45, 2.75) is 52.7 Å². The molecule has 0 bridgehead atoms. The van der Waals surface area contributed by atoms with Gasteiger partial charge in [-0.15, -0.1) is 0 Å². The van der Waals surface area contributed by atoms with E-state index in [4.69, 9.17) is 9.31 Å². The lowest BCUT2D eigenvalue weighted by Gasteiger charge is -2.32. The summed E-state index contributed by atoms with van der Waals surface area (Å²) < 4.78 is 12.2. The first kappa shape index (κ1) is 16.9. The van der Waals surface area contributed by atoms with E-state index < -0.39 is 0 Å². The van der Waals surface area contributed by atoms with Gasteiger partial charge in [-0.2, -0.15) is 0 Å². The molecule has 0 radical (unpaired) electrons. The minimum Gasteiger partial charge on any atom is -0.399 e. The third-order valence-corrected chi connectivity index (χ3v) is 4.62. The summed E-state index contributed by atoms with van der Waals surface area (Å²) in [6, 6.07) is 6.00. The summed E-state index contributed by atoms with van der Waals surface area (Å²) in [5, 5.41) is 0. The number of nitrogens with zero attached hydrogens (tertiary/aromatic N) is 2. The van der Waals surface area contributed by atoms with Crippen LogP contribution in [0, 0.1) is 13.8 Å². The highest BCUT2D eigenvalue weighted by molar-refractivity contribution is 6.62. The molecule has 0 atom stereocenters. The molecule has 0 saturated carbocycles. The molecule has 22 heavy (non-hydrogen) atoms. The Labute approximate surface area is 132 Å². The highest BCUT2D eigenvalue weighted by atomic mass is 16.7. The fourth-order valence-electron chi connectivity index (χ4n) is 2.37. The van der Waals surface area contributed by atoms with Gasteiger partial charge in [0.25, 0.3) is 0 Å². The van der Waals surface area contributed by atoms with Crippen LogP contribution in [0.2, 0.25) is 0 Å². The van der Waals surface area contributed by atoms with Crippen LogP contribution in [-0.2, 0) is 9.31 Å². The Morgan fingerprint density at radius 1 is 0.864 bits per heavy atom. The fourth-order valence-corrected chi connectivity index (χ4v) is 2.37. The molecule has 1 aromatic carbocycles. The molecule has 6 heteroatoms. The van der Waals surface area contributed by atoms with E-state index in [9.17, 15) is 0 Å². The Bertz CT molecular complexity index is 700. The van der Waals surface area contributed by atoms with Gasteiger partial charge in [-0.05, 0) is 59.1 Å². The summed E-state index contributed by atoms with van der Waals surface area (Å²) >= 11 is 0. The highest BCUT2D eigenvalue weighted by Crippen LogP contribution is 2.36. The smallest absolute Gasteiger partial charge is 0.399 e. The van der Waals surface area contributed by atoms with E-state index in [0.717, 1.165) is 27.9 Å². The monoisotopic (exact) mass is 301 g/mol. The number of aryl methyl sites for hydroxylation is 2. The molecule has 3 N–H and O–H groups in total. The van der Waals surface area contributed by atoms with Gasteiger partial charge in [0.2, 0.25) is 0 Å². The lowest BCUT2D eigenvalue weighted by atomic mass is 9.79. The number of hydrogen-bond donors (Lipinski definition) is 1. The Hall–Kier alpha value is -1.50. The van der Waals surface area contributed by atoms with Crippen molar-refractivity contribution in [2.75, 3.05) is 0 Å². The summed E-state index contributed by atoms with van der Waals surface area (Å²) in [4.78, 5) is 9.16. The highest BCUT2D eigenvalue weighted by Gasteiger charge is 2.51. The Morgan fingerprint density at radius 3 is 1.91 bits per heavy atom. The number of rotatable bonds is 1. The van der Waals surface area contributed by atoms with Crippen LogP contribution in [-0.4, -0.2) is 28.3 Å². The zero-order valence-electron chi connectivity index (χ0n) is 14.2. The van der Waals surface area contributed by atoms with Crippen molar-refractivity contribution in [3.8, 4) is 0 Å². The van der Waals surface area contributed by atoms with Crippen molar-refractivity contribution < 1.29 is 9.31 Å². The minimum atomic E-state index is -0.359. The van der Waals surface area contributed by atoms with Crippen molar-refractivity contribution in [1.82, 2.24) is 16.1 Å². The summed E-state index contributed by atoms with van der Waals surface area (Å²) in [7, 11) is -0.359. The molecule has 2 aromatic rings. The first-order valence-electron chi connectivity index (χ1n) is 7.30. The van der Waals surface area contributed by atoms with Crippen molar-refractivity contribution in [1.29, 1.82) is 0 Å². The Morgan fingerprint density at radius 2 is 1.36 bits per heavy atom. The first-order valence-corrected chi connectivity index (χ1v) is 7.30. The molecular formula is C16H24BN3O2. The largest absolute Gasteiger partial charge is 0.494 e. The molecular weight excluding hydrogens is 277 g/mol. The average molecular weight is 301 g/mol. The average Bonchev–Trinajstić information content (AvgIpc) is 2.59. The van der Waals surface area contributed by atoms with Gasteiger partial charge in [-0.3, -0.25) is 0 Å². The number of aromatic nitrogens is 2. The lowest BCUT2D eigenvalue weighted by Crippen LogP contribution is -2.41. The molecule has 3 rings (SSSR count). The normalized spacial score (nSPS) is 19.3. The Kier molecular flexibility index (Phi) is 4.06. The van der Waals surface area contributed by atoms with Crippen molar-refractivity contribution in [2.24, 2.45) is 0 Å². The number of fused-ring (bicyclic) bond motifs is 1. The summed E-state index contributed by atoms with van der Waals surface area (Å²) in [6.07, 6.45) is 0. The molecule has 0 amide bonds. The van der Waals surface area contributed by atoms with Crippen LogP contribution in [0.25, 0.3) is 11.0 Å². The van der Waals surface area contributed by atoms with E-state index in [1.807, 2.05) is 32.0 Å². The van der Waals surface area contributed by atoms with Gasteiger partial charge in [0, 0.05) is 0 Å². The zero-order valence-corrected chi connectivity index (χ0v) is 14.2. The van der Waals surface area contributed by atoms with Crippen LogP contribution < -0.4 is 11.6 Å². The second-order valence-electron chi connectivity index (χ2n) is 6.73. The van der Waals surface area contributed by atoms with E-state index >= 15 is 0 Å². The zero-order chi connectivity index (χ0) is 15.4. The topological polar surface area (TPSA) is 79.2 Å². The molecule has 1 aromatic heterocycles. The Balaban J connectivity index is 0.00000176. The van der Waals surface area contributed by atoms with Crippen molar-refractivity contribution >= 4 is 23.6 Å². The van der Waals surface area contributed by atoms with Gasteiger partial charge in [0.1, 0.15) is 0 Å². The van der Waals surface area contributed by atoms with Crippen LogP contribution >= 0.6 is 0 Å². The van der Waals surface area contributed by atoms with E-state index in [0.29, 0.717) is 0 Å². The second kappa shape index (κ2) is 5.30. The SMILES string of the molecule is Cc1nc2ccc(B3OC(C)(C)C(C)(C)O3)cc2nc1C.N. The van der Waals surface area contributed by atoms with E-state index in [1.54, 1.807) is 0 Å². The van der Waals surface area contributed by atoms with Gasteiger partial charge in [-0.25, -0.2) is 9.97 Å². The predicted octanol–water partition coefficient (Wildman–Crippen LogP) is 2.71. The van der Waals surface area contributed by atoms with Crippen molar-refractivity contribution in [3.63, 3.8) is 0 Å². The van der Waals surface area contributed by atoms with Crippen LogP contribution in [0.1, 0.15) is 39.1 Å². The first-order chi connectivity index (χ1) is 9.69. The molecule has 0 unspecified atom stereocenters. The third kappa shape index (κ3) is 2.62. The molecule has 2 heterocycles. The fraction of sp³-hybridized carbons (Fsp3) is 0.500. The second-order valence-corrected chi connectivity index (χ2v) is 6.73. The van der Waals surface area contributed by atoms with Gasteiger partial charge < -0.3 is 15.5 Å². The summed E-state index contributed by atoms with van der Waals surface area (Å²) in [5.41, 5.74) is 4.02. The van der Waals surface area contributed by atoms with Crippen LogP contribution in [0.3, 0.4) is 0 Å². The minimum absolute atomic E-state index is 0.